The molecule has 0 bridgehead atoms. The largest absolute Gasteiger partial charge is 0.500 e. The highest BCUT2D eigenvalue weighted by Crippen LogP contribution is 2.38. The minimum Gasteiger partial charge on any atom is -0.500 e. The molecule has 0 radical (unpaired) electrons. The van der Waals surface area contributed by atoms with E-state index in [1.807, 2.05) is 26.0 Å². The molecule has 0 spiro atoms. The number of aliphatic imine (C=N–C) groups is 1. The molecule has 3 rings (SSSR count). The van der Waals surface area contributed by atoms with Gasteiger partial charge in [-0.2, -0.15) is 0 Å². The number of amides is 1. The molecular formula is C19H16BrN3O5S. The molecule has 2 N–H and O–H groups in total. The van der Waals surface area contributed by atoms with Crippen molar-refractivity contribution < 1.29 is 19.6 Å². The van der Waals surface area contributed by atoms with E-state index in [2.05, 4.69) is 26.2 Å². The maximum absolute atomic E-state index is 12.3. The van der Waals surface area contributed by atoms with E-state index in [1.54, 1.807) is 0 Å². The molecule has 0 aliphatic carbocycles. The lowest BCUT2D eigenvalue weighted by Gasteiger charge is -2.05. The van der Waals surface area contributed by atoms with Crippen LogP contribution in [-0.4, -0.2) is 28.2 Å². The summed E-state index contributed by atoms with van der Waals surface area (Å²) in [5, 5.41) is 24.1. The predicted octanol–water partition coefficient (Wildman–Crippen LogP) is 4.58. The number of aromatic hydroxyl groups is 1. The number of nitrogens with zero attached hydrogens (tertiary/aromatic N) is 2. The summed E-state index contributed by atoms with van der Waals surface area (Å²) in [7, 11) is 1.29. The van der Waals surface area contributed by atoms with Gasteiger partial charge in [0.05, 0.1) is 22.6 Å². The molecule has 8 nitrogen and oxygen atoms in total. The van der Waals surface area contributed by atoms with E-state index in [4.69, 9.17) is 4.74 Å². The molecular weight excluding hydrogens is 462 g/mol. The van der Waals surface area contributed by atoms with Crippen LogP contribution in [0.15, 0.2) is 38.6 Å². The summed E-state index contributed by atoms with van der Waals surface area (Å²) in [5.74, 6) is -0.982. The number of rotatable bonds is 4. The normalized spacial score (nSPS) is 16.3. The summed E-state index contributed by atoms with van der Waals surface area (Å²) in [6, 6.07) is 6.38. The number of hydrogen-bond acceptors (Lipinski definition) is 7. The van der Waals surface area contributed by atoms with Crippen LogP contribution in [-0.2, 0) is 4.79 Å². The summed E-state index contributed by atoms with van der Waals surface area (Å²) >= 11 is 4.63. The van der Waals surface area contributed by atoms with Gasteiger partial charge < -0.3 is 15.2 Å². The highest BCUT2D eigenvalue weighted by atomic mass is 79.9. The van der Waals surface area contributed by atoms with E-state index in [1.165, 1.54) is 25.3 Å². The van der Waals surface area contributed by atoms with Gasteiger partial charge in [0, 0.05) is 10.5 Å². The number of carbonyl (C=O) groups is 1. The third-order valence-corrected chi connectivity index (χ3v) is 6.25. The minimum atomic E-state index is -0.715. The number of phenolic OH excluding ortho intramolecular Hbond substituents is 1. The first-order valence-corrected chi connectivity index (χ1v) is 9.92. The van der Waals surface area contributed by atoms with Gasteiger partial charge in [-0.3, -0.25) is 14.9 Å². The van der Waals surface area contributed by atoms with Crippen molar-refractivity contribution in [2.45, 2.75) is 13.8 Å². The molecule has 1 aliphatic rings. The first-order chi connectivity index (χ1) is 13.7. The van der Waals surface area contributed by atoms with Crippen LogP contribution in [0.25, 0.3) is 6.08 Å². The molecule has 2 aromatic rings. The second-order valence-corrected chi connectivity index (χ2v) is 8.05. The SMILES string of the molecule is COc1cc(/C=C2\SC(=Nc3cc(C)c(Br)c(C)c3)NC2=O)cc([N+](=O)[O-])c1O. The number of aryl methyl sites for hydroxylation is 2. The first-order valence-electron chi connectivity index (χ1n) is 8.31. The van der Waals surface area contributed by atoms with Crippen molar-refractivity contribution in [2.75, 3.05) is 7.11 Å². The maximum atomic E-state index is 12.3. The summed E-state index contributed by atoms with van der Waals surface area (Å²) < 4.78 is 5.99. The van der Waals surface area contributed by atoms with E-state index in [0.29, 0.717) is 21.3 Å². The molecule has 0 atom stereocenters. The Kier molecular flexibility index (Phi) is 5.94. The minimum absolute atomic E-state index is 0.0517. The van der Waals surface area contributed by atoms with Gasteiger partial charge >= 0.3 is 5.69 Å². The monoisotopic (exact) mass is 477 g/mol. The Labute approximate surface area is 179 Å². The fraction of sp³-hybridized carbons (Fsp3) is 0.158. The third-order valence-electron chi connectivity index (χ3n) is 4.09. The fourth-order valence-electron chi connectivity index (χ4n) is 2.73. The lowest BCUT2D eigenvalue weighted by Crippen LogP contribution is -2.19. The molecule has 2 aromatic carbocycles. The van der Waals surface area contributed by atoms with Crippen molar-refractivity contribution in [2.24, 2.45) is 4.99 Å². The Bertz CT molecular complexity index is 1070. The molecule has 29 heavy (non-hydrogen) atoms. The number of thioether (sulfide) groups is 1. The van der Waals surface area contributed by atoms with E-state index in [9.17, 15) is 20.0 Å². The predicted molar refractivity (Wildman–Crippen MR) is 116 cm³/mol. The number of ether oxygens (including phenoxy) is 1. The molecule has 0 saturated carbocycles. The van der Waals surface area contributed by atoms with E-state index < -0.39 is 16.4 Å². The Balaban J connectivity index is 1.94. The second-order valence-electron chi connectivity index (χ2n) is 6.22. The van der Waals surface area contributed by atoms with Gasteiger partial charge in [0.1, 0.15) is 0 Å². The number of nitro benzene ring substituents is 1. The average molecular weight is 478 g/mol. The van der Waals surface area contributed by atoms with Gasteiger partial charge in [0.25, 0.3) is 5.91 Å². The van der Waals surface area contributed by atoms with Gasteiger partial charge in [0.2, 0.25) is 5.75 Å². The molecule has 1 saturated heterocycles. The standard InChI is InChI=1S/C19H16BrN3O5S/c1-9-4-12(5-10(2)16(9)20)21-19-22-18(25)15(29-19)8-11-6-13(23(26)27)17(24)14(7-11)28-3/h4-8,24H,1-3H3,(H,21,22,25)/b15-8-. The van der Waals surface area contributed by atoms with Gasteiger partial charge in [-0.25, -0.2) is 4.99 Å². The Morgan fingerprint density at radius 1 is 1.28 bits per heavy atom. The van der Waals surface area contributed by atoms with Crippen molar-refractivity contribution in [1.82, 2.24) is 5.32 Å². The number of hydrogen-bond donors (Lipinski definition) is 2. The molecule has 1 heterocycles. The smallest absolute Gasteiger partial charge is 0.315 e. The van der Waals surface area contributed by atoms with Crippen LogP contribution in [0.2, 0.25) is 0 Å². The number of nitrogens with one attached hydrogen (secondary N) is 1. The number of carbonyl (C=O) groups excluding carboxylic acids is 1. The van der Waals surface area contributed by atoms with Gasteiger partial charge in [0.15, 0.2) is 10.9 Å². The third kappa shape index (κ3) is 4.43. The highest BCUT2D eigenvalue weighted by molar-refractivity contribution is 9.10. The first kappa shape index (κ1) is 20.9. The topological polar surface area (TPSA) is 114 Å². The van der Waals surface area contributed by atoms with Gasteiger partial charge in [-0.05, 0) is 66.6 Å². The molecule has 0 aromatic heterocycles. The van der Waals surface area contributed by atoms with Gasteiger partial charge in [-0.1, -0.05) is 15.9 Å². The number of phenols is 1. The molecule has 1 amide bonds. The van der Waals surface area contributed by atoms with Crippen molar-refractivity contribution in [3.05, 3.63) is 60.4 Å². The van der Waals surface area contributed by atoms with Crippen molar-refractivity contribution in [3.8, 4) is 11.5 Å². The molecule has 10 heteroatoms. The molecule has 1 fully saturated rings. The number of halogens is 1. The Morgan fingerprint density at radius 3 is 2.52 bits per heavy atom. The molecule has 0 unspecified atom stereocenters. The maximum Gasteiger partial charge on any atom is 0.315 e. The van der Waals surface area contributed by atoms with Crippen molar-refractivity contribution in [1.29, 1.82) is 0 Å². The van der Waals surface area contributed by atoms with E-state index in [-0.39, 0.29) is 11.7 Å². The van der Waals surface area contributed by atoms with Gasteiger partial charge in [-0.15, -0.1) is 0 Å². The van der Waals surface area contributed by atoms with Crippen LogP contribution in [0.3, 0.4) is 0 Å². The van der Waals surface area contributed by atoms with Crippen LogP contribution >= 0.6 is 27.7 Å². The summed E-state index contributed by atoms with van der Waals surface area (Å²) in [6.45, 7) is 3.91. The van der Waals surface area contributed by atoms with E-state index in [0.717, 1.165) is 27.4 Å². The quantitative estimate of drug-likeness (QED) is 0.378. The number of nitro groups is 1. The lowest BCUT2D eigenvalue weighted by atomic mass is 10.1. The number of benzene rings is 2. The summed E-state index contributed by atoms with van der Waals surface area (Å²) in [4.78, 5) is 27.5. The second kappa shape index (κ2) is 8.26. The Morgan fingerprint density at radius 2 is 1.93 bits per heavy atom. The zero-order valence-corrected chi connectivity index (χ0v) is 18.1. The van der Waals surface area contributed by atoms with Crippen LogP contribution < -0.4 is 10.1 Å². The highest BCUT2D eigenvalue weighted by Gasteiger charge is 2.25. The van der Waals surface area contributed by atoms with Crippen LogP contribution in [0.4, 0.5) is 11.4 Å². The lowest BCUT2D eigenvalue weighted by molar-refractivity contribution is -0.386. The van der Waals surface area contributed by atoms with E-state index >= 15 is 0 Å². The number of methoxy groups -OCH3 is 1. The average Bonchev–Trinajstić information content (AvgIpc) is 2.99. The summed E-state index contributed by atoms with van der Waals surface area (Å²) in [5.41, 5.74) is 2.60. The van der Waals surface area contributed by atoms with Crippen molar-refractivity contribution >= 4 is 56.2 Å². The summed E-state index contributed by atoms with van der Waals surface area (Å²) in [6.07, 6.45) is 1.48. The van der Waals surface area contributed by atoms with Crippen molar-refractivity contribution in [3.63, 3.8) is 0 Å². The Hall–Kier alpha value is -2.85. The zero-order chi connectivity index (χ0) is 21.3. The molecule has 1 aliphatic heterocycles. The van der Waals surface area contributed by atoms with Crippen LogP contribution in [0.5, 0.6) is 11.5 Å². The van der Waals surface area contributed by atoms with Crippen LogP contribution in [0, 0.1) is 24.0 Å². The number of amidine groups is 1. The zero-order valence-electron chi connectivity index (χ0n) is 15.6. The fourth-order valence-corrected chi connectivity index (χ4v) is 3.80. The van der Waals surface area contributed by atoms with Crippen LogP contribution in [0.1, 0.15) is 16.7 Å². The molecule has 150 valence electrons.